The van der Waals surface area contributed by atoms with Crippen LogP contribution in [-0.2, 0) is 4.79 Å². The summed E-state index contributed by atoms with van der Waals surface area (Å²) in [5.41, 5.74) is 5.15. The van der Waals surface area contributed by atoms with Gasteiger partial charge in [0, 0.05) is 17.3 Å². The van der Waals surface area contributed by atoms with Crippen LogP contribution in [0.4, 0.5) is 0 Å². The molecule has 1 aliphatic rings. The zero-order valence-corrected chi connectivity index (χ0v) is 14.5. The van der Waals surface area contributed by atoms with Crippen LogP contribution in [0.25, 0.3) is 22.8 Å². The number of aromatic amines is 1. The third kappa shape index (κ3) is 2.75. The van der Waals surface area contributed by atoms with Crippen LogP contribution in [0.1, 0.15) is 22.3 Å². The molecule has 0 saturated heterocycles. The van der Waals surface area contributed by atoms with Gasteiger partial charge in [-0.25, -0.2) is 4.79 Å². The first-order valence-electron chi connectivity index (χ1n) is 8.36. The number of hydrogen-bond acceptors (Lipinski definition) is 3. The maximum Gasteiger partial charge on any atom is 0.344 e. The number of carbonyl (C=O) groups is 1. The van der Waals surface area contributed by atoms with Crippen LogP contribution in [0, 0.1) is 13.8 Å². The van der Waals surface area contributed by atoms with E-state index in [1.807, 2.05) is 56.3 Å². The van der Waals surface area contributed by atoms with Crippen molar-refractivity contribution in [1.82, 2.24) is 4.98 Å². The second kappa shape index (κ2) is 6.15. The Hall–Kier alpha value is -3.40. The van der Waals surface area contributed by atoms with Gasteiger partial charge >= 0.3 is 5.97 Å². The molecule has 0 unspecified atom stereocenters. The molecular weight excluding hydrogens is 326 g/mol. The second-order valence-electron chi connectivity index (χ2n) is 6.46. The van der Waals surface area contributed by atoms with Gasteiger partial charge in [-0.1, -0.05) is 29.8 Å². The molecule has 0 saturated carbocycles. The van der Waals surface area contributed by atoms with E-state index >= 15 is 0 Å². The zero-order chi connectivity index (χ0) is 18.3. The summed E-state index contributed by atoms with van der Waals surface area (Å²) >= 11 is 0. The van der Waals surface area contributed by atoms with Crippen molar-refractivity contribution in [2.24, 2.45) is 0 Å². The lowest BCUT2D eigenvalue weighted by molar-refractivity contribution is -0.126. The minimum Gasteiger partial charge on any atom is -0.422 e. The monoisotopic (exact) mass is 343 g/mol. The van der Waals surface area contributed by atoms with Crippen molar-refractivity contribution >= 4 is 17.6 Å². The number of ether oxygens (including phenoxy) is 1. The molecular formula is C22H17NO3. The van der Waals surface area contributed by atoms with E-state index in [1.165, 1.54) is 0 Å². The van der Waals surface area contributed by atoms with E-state index in [-0.39, 0.29) is 5.56 Å². The van der Waals surface area contributed by atoms with Gasteiger partial charge in [-0.2, -0.15) is 0 Å². The quantitative estimate of drug-likeness (QED) is 0.433. The number of esters is 1. The van der Waals surface area contributed by atoms with Gasteiger partial charge in [0.05, 0.1) is 11.1 Å². The number of benzene rings is 2. The van der Waals surface area contributed by atoms with Crippen molar-refractivity contribution in [2.45, 2.75) is 13.8 Å². The van der Waals surface area contributed by atoms with Crippen molar-refractivity contribution in [3.8, 4) is 16.9 Å². The third-order valence-corrected chi connectivity index (χ3v) is 4.43. The zero-order valence-electron chi connectivity index (χ0n) is 14.5. The predicted octanol–water partition coefficient (Wildman–Crippen LogP) is 4.12. The van der Waals surface area contributed by atoms with E-state index < -0.39 is 5.97 Å². The summed E-state index contributed by atoms with van der Waals surface area (Å²) in [5.74, 6) is 0.0375. The average Bonchev–Trinajstić information content (AvgIpc) is 2.92. The molecule has 2 aromatic carbocycles. The number of hydrogen-bond donors (Lipinski definition) is 1. The molecule has 1 aromatic heterocycles. The van der Waals surface area contributed by atoms with Gasteiger partial charge in [0.2, 0.25) is 0 Å². The average molecular weight is 343 g/mol. The maximum absolute atomic E-state index is 12.5. The highest BCUT2D eigenvalue weighted by molar-refractivity contribution is 6.26. The first-order valence-corrected chi connectivity index (χ1v) is 8.36. The van der Waals surface area contributed by atoms with Crippen LogP contribution in [-0.4, -0.2) is 11.0 Å². The van der Waals surface area contributed by atoms with Gasteiger partial charge in [-0.05, 0) is 55.3 Å². The van der Waals surface area contributed by atoms with Gasteiger partial charge < -0.3 is 9.72 Å². The summed E-state index contributed by atoms with van der Waals surface area (Å²) in [4.78, 5) is 27.4. The Kier molecular flexibility index (Phi) is 3.81. The van der Waals surface area contributed by atoms with Gasteiger partial charge in [0.25, 0.3) is 5.56 Å². The molecule has 0 fully saturated rings. The number of carbonyl (C=O) groups excluding carboxylic acids is 1. The van der Waals surface area contributed by atoms with E-state index in [2.05, 4.69) is 4.98 Å². The molecule has 0 radical (unpaired) electrons. The van der Waals surface area contributed by atoms with Crippen molar-refractivity contribution in [1.29, 1.82) is 0 Å². The summed E-state index contributed by atoms with van der Waals surface area (Å²) in [6.45, 7) is 3.95. The molecule has 1 aliphatic heterocycles. The molecule has 0 aliphatic carbocycles. The Bertz CT molecular complexity index is 1100. The van der Waals surface area contributed by atoms with Crippen LogP contribution in [0.3, 0.4) is 0 Å². The summed E-state index contributed by atoms with van der Waals surface area (Å²) < 4.78 is 5.55. The van der Waals surface area contributed by atoms with E-state index in [9.17, 15) is 9.59 Å². The minimum absolute atomic E-state index is 0.215. The molecule has 2 heterocycles. The first-order chi connectivity index (χ1) is 12.5. The fraction of sp³-hybridized carbons (Fsp3) is 0.0909. The standard InChI is InChI=1S/C22H17NO3/c1-13-5-7-15(8-6-13)12-19-18-11-14(2)10-17(20(18)26-22(19)25)16-4-3-9-23-21(16)24/h3-12H,1-2H3,(H,23,24). The molecule has 4 rings (SSSR count). The molecule has 1 N–H and O–H groups in total. The van der Waals surface area contributed by atoms with Crippen molar-refractivity contribution in [2.75, 3.05) is 0 Å². The third-order valence-electron chi connectivity index (χ3n) is 4.43. The number of H-pyrrole nitrogens is 1. The molecule has 0 bridgehead atoms. The molecule has 26 heavy (non-hydrogen) atoms. The normalized spacial score (nSPS) is 14.4. The van der Waals surface area contributed by atoms with E-state index in [4.69, 9.17) is 4.74 Å². The Morgan fingerprint density at radius 2 is 1.62 bits per heavy atom. The van der Waals surface area contributed by atoms with E-state index in [1.54, 1.807) is 18.3 Å². The molecule has 4 nitrogen and oxygen atoms in total. The van der Waals surface area contributed by atoms with Crippen LogP contribution in [0.2, 0.25) is 0 Å². The molecule has 0 amide bonds. The highest BCUT2D eigenvalue weighted by Crippen LogP contribution is 2.42. The number of fused-ring (bicyclic) bond motifs is 1. The first kappa shape index (κ1) is 16.1. The topological polar surface area (TPSA) is 59.2 Å². The lowest BCUT2D eigenvalue weighted by atomic mass is 9.96. The lowest BCUT2D eigenvalue weighted by Crippen LogP contribution is -2.08. The van der Waals surface area contributed by atoms with Gasteiger partial charge in [0.15, 0.2) is 0 Å². The fourth-order valence-electron chi connectivity index (χ4n) is 3.14. The number of rotatable bonds is 2. The molecule has 128 valence electrons. The number of pyridine rings is 1. The Balaban J connectivity index is 1.91. The van der Waals surface area contributed by atoms with Crippen molar-refractivity contribution < 1.29 is 9.53 Å². The molecule has 0 atom stereocenters. The second-order valence-corrected chi connectivity index (χ2v) is 6.46. The smallest absolute Gasteiger partial charge is 0.344 e. The summed E-state index contributed by atoms with van der Waals surface area (Å²) in [7, 11) is 0. The van der Waals surface area contributed by atoms with Crippen molar-refractivity contribution in [3.05, 3.63) is 87.3 Å². The van der Waals surface area contributed by atoms with Crippen LogP contribution < -0.4 is 10.3 Å². The highest BCUT2D eigenvalue weighted by Gasteiger charge is 2.30. The van der Waals surface area contributed by atoms with Gasteiger partial charge in [-0.3, -0.25) is 4.79 Å². The highest BCUT2D eigenvalue weighted by atomic mass is 16.5. The lowest BCUT2D eigenvalue weighted by Gasteiger charge is -2.08. The van der Waals surface area contributed by atoms with Gasteiger partial charge in [-0.15, -0.1) is 0 Å². The predicted molar refractivity (Wildman–Crippen MR) is 102 cm³/mol. The van der Waals surface area contributed by atoms with Crippen molar-refractivity contribution in [3.63, 3.8) is 0 Å². The fourth-order valence-corrected chi connectivity index (χ4v) is 3.14. The summed E-state index contributed by atoms with van der Waals surface area (Å²) in [5, 5.41) is 0. The van der Waals surface area contributed by atoms with Crippen LogP contribution in [0.5, 0.6) is 5.75 Å². The summed E-state index contributed by atoms with van der Waals surface area (Å²) in [6, 6.07) is 15.2. The largest absolute Gasteiger partial charge is 0.422 e. The Morgan fingerprint density at radius 1 is 0.885 bits per heavy atom. The molecule has 0 spiro atoms. The van der Waals surface area contributed by atoms with Gasteiger partial charge in [0.1, 0.15) is 5.75 Å². The SMILES string of the molecule is Cc1ccc(C=C2C(=O)Oc3c2cc(C)cc3-c2ccc[nH]c2=O)cc1. The van der Waals surface area contributed by atoms with E-state index in [0.29, 0.717) is 28.0 Å². The van der Waals surface area contributed by atoms with E-state index in [0.717, 1.165) is 16.7 Å². The molecule has 3 aromatic rings. The number of nitrogens with one attached hydrogen (secondary N) is 1. The maximum atomic E-state index is 12.5. The number of aromatic nitrogens is 1. The van der Waals surface area contributed by atoms with Crippen LogP contribution in [0.15, 0.2) is 59.5 Å². The number of aryl methyl sites for hydroxylation is 2. The Morgan fingerprint density at radius 3 is 2.35 bits per heavy atom. The summed E-state index contributed by atoms with van der Waals surface area (Å²) in [6.07, 6.45) is 3.41. The van der Waals surface area contributed by atoms with Crippen LogP contribution >= 0.6 is 0 Å². The minimum atomic E-state index is -0.403. The Labute approximate surface area is 150 Å². The molecule has 4 heteroatoms.